The van der Waals surface area contributed by atoms with Crippen molar-refractivity contribution in [1.29, 1.82) is 0 Å². The molecule has 0 aliphatic rings. The maximum atomic E-state index is 13.0. The smallest absolute Gasteiger partial charge is 0.272 e. The predicted octanol–water partition coefficient (Wildman–Crippen LogP) is 4.15. The van der Waals surface area contributed by atoms with Gasteiger partial charge in [-0.2, -0.15) is 0 Å². The van der Waals surface area contributed by atoms with E-state index in [4.69, 9.17) is 10.5 Å². The minimum atomic E-state index is -0.389. The van der Waals surface area contributed by atoms with Crippen LogP contribution in [0, 0.1) is 0 Å². The number of amidine groups is 1. The van der Waals surface area contributed by atoms with E-state index in [0.29, 0.717) is 47.1 Å². The van der Waals surface area contributed by atoms with Gasteiger partial charge in [-0.05, 0) is 47.5 Å². The first kappa shape index (κ1) is 30.4. The summed E-state index contributed by atoms with van der Waals surface area (Å²) in [6, 6.07) is 18.1. The highest BCUT2D eigenvalue weighted by atomic mass is 16.5. The topological polar surface area (TPSA) is 145 Å². The molecular formula is C32H35N7O4. The molecule has 2 aromatic carbocycles. The number of anilines is 2. The Morgan fingerprint density at radius 3 is 2.07 bits per heavy atom. The Balaban J connectivity index is 1.35. The van der Waals surface area contributed by atoms with Gasteiger partial charge in [-0.25, -0.2) is 0 Å². The van der Waals surface area contributed by atoms with E-state index in [2.05, 4.69) is 20.9 Å². The molecule has 11 heteroatoms. The number of ether oxygens (including phenoxy) is 1. The number of amides is 3. The van der Waals surface area contributed by atoms with Crippen LogP contribution in [0.3, 0.4) is 0 Å². The zero-order valence-electron chi connectivity index (χ0n) is 24.5. The van der Waals surface area contributed by atoms with Gasteiger partial charge in [0.2, 0.25) is 0 Å². The molecule has 5 N–H and O–H groups in total. The van der Waals surface area contributed by atoms with Gasteiger partial charge in [0.15, 0.2) is 0 Å². The Bertz CT molecular complexity index is 1680. The average Bonchev–Trinajstić information content (AvgIpc) is 3.56. The highest BCUT2D eigenvalue weighted by Gasteiger charge is 2.17. The van der Waals surface area contributed by atoms with Gasteiger partial charge in [-0.1, -0.05) is 36.4 Å². The summed E-state index contributed by atoms with van der Waals surface area (Å²) in [5.41, 5.74) is 9.73. The lowest BCUT2D eigenvalue weighted by molar-refractivity contribution is 0.0945. The van der Waals surface area contributed by atoms with Crippen molar-refractivity contribution in [2.24, 2.45) is 24.8 Å². The number of aromatic nitrogens is 2. The fraction of sp³-hybridized carbons (Fsp3) is 0.188. The molecule has 0 spiro atoms. The summed E-state index contributed by atoms with van der Waals surface area (Å²) >= 11 is 0. The number of methoxy groups -OCH3 is 1. The molecule has 0 saturated carbocycles. The molecule has 0 aliphatic heterocycles. The van der Waals surface area contributed by atoms with E-state index in [0.717, 1.165) is 16.9 Å². The van der Waals surface area contributed by atoms with Crippen LogP contribution in [0.5, 0.6) is 5.75 Å². The number of aryl methyl sites for hydroxylation is 2. The van der Waals surface area contributed by atoms with Gasteiger partial charge in [-0.15, -0.1) is 0 Å². The van der Waals surface area contributed by atoms with Gasteiger partial charge < -0.3 is 35.6 Å². The lowest BCUT2D eigenvalue weighted by Crippen LogP contribution is -2.29. The second-order valence-electron chi connectivity index (χ2n) is 9.81. The van der Waals surface area contributed by atoms with Crippen molar-refractivity contribution in [1.82, 2.24) is 14.5 Å². The van der Waals surface area contributed by atoms with Crippen LogP contribution in [0.4, 0.5) is 11.4 Å². The Labute approximate surface area is 250 Å². The van der Waals surface area contributed by atoms with E-state index in [1.165, 1.54) is 0 Å². The minimum Gasteiger partial charge on any atom is -0.497 e. The molecular weight excluding hydrogens is 546 g/mol. The third-order valence-corrected chi connectivity index (χ3v) is 6.68. The summed E-state index contributed by atoms with van der Waals surface area (Å²) < 4.78 is 8.50. The quantitative estimate of drug-likeness (QED) is 0.119. The molecule has 4 rings (SSSR count). The van der Waals surface area contributed by atoms with E-state index in [-0.39, 0.29) is 17.7 Å². The maximum Gasteiger partial charge on any atom is 0.272 e. The normalized spacial score (nSPS) is 11.4. The highest BCUT2D eigenvalue weighted by molar-refractivity contribution is 6.07. The van der Waals surface area contributed by atoms with Crippen LogP contribution >= 0.6 is 0 Å². The second kappa shape index (κ2) is 13.9. The average molecular weight is 582 g/mol. The minimum absolute atomic E-state index is 0.295. The number of hydrogen-bond acceptors (Lipinski definition) is 5. The van der Waals surface area contributed by atoms with Crippen molar-refractivity contribution in [3.05, 3.63) is 101 Å². The summed E-state index contributed by atoms with van der Waals surface area (Å²) in [4.78, 5) is 42.3. The standard InChI is InChI=1S/C32H35N7O4/c1-34-29(33)14-15-35-31(41)27-17-25(20-38(27)2)37-32(42)28-18-24(19-39(28)3)36-30(40)23-12-10-21(11-13-23)8-9-22-6-5-7-26(16-22)43-4/h5-13,16-20H,14-15H2,1-4H3,(H2,33,34)(H,35,41)(H,36,40)(H,37,42)/b9-8+. The van der Waals surface area contributed by atoms with Gasteiger partial charge in [0, 0.05) is 52.1 Å². The van der Waals surface area contributed by atoms with Gasteiger partial charge >= 0.3 is 0 Å². The highest BCUT2D eigenvalue weighted by Crippen LogP contribution is 2.19. The van der Waals surface area contributed by atoms with Crippen LogP contribution in [0.1, 0.15) is 48.9 Å². The summed E-state index contributed by atoms with van der Waals surface area (Å²) in [6.45, 7) is 0.345. The zero-order chi connectivity index (χ0) is 30.9. The zero-order valence-corrected chi connectivity index (χ0v) is 24.5. The van der Waals surface area contributed by atoms with Gasteiger partial charge in [-0.3, -0.25) is 19.4 Å². The lowest BCUT2D eigenvalue weighted by Gasteiger charge is -2.05. The van der Waals surface area contributed by atoms with Crippen LogP contribution in [-0.4, -0.2) is 53.4 Å². The van der Waals surface area contributed by atoms with Crippen molar-refractivity contribution < 1.29 is 19.1 Å². The van der Waals surface area contributed by atoms with Gasteiger partial charge in [0.25, 0.3) is 17.7 Å². The molecule has 0 atom stereocenters. The third kappa shape index (κ3) is 8.00. The first-order valence-electron chi connectivity index (χ1n) is 13.5. The van der Waals surface area contributed by atoms with Crippen molar-refractivity contribution in [3.63, 3.8) is 0 Å². The van der Waals surface area contributed by atoms with E-state index < -0.39 is 0 Å². The summed E-state index contributed by atoms with van der Waals surface area (Å²) in [7, 11) is 6.65. The van der Waals surface area contributed by atoms with E-state index in [9.17, 15) is 14.4 Å². The molecule has 4 aromatic rings. The van der Waals surface area contributed by atoms with E-state index >= 15 is 0 Å². The van der Waals surface area contributed by atoms with Crippen molar-refractivity contribution in [2.75, 3.05) is 31.3 Å². The number of carbonyl (C=O) groups is 3. The number of nitrogens with zero attached hydrogens (tertiary/aromatic N) is 3. The monoisotopic (exact) mass is 581 g/mol. The molecule has 0 aliphatic carbocycles. The maximum absolute atomic E-state index is 13.0. The van der Waals surface area contributed by atoms with Crippen LogP contribution in [0.2, 0.25) is 0 Å². The number of benzene rings is 2. The van der Waals surface area contributed by atoms with Crippen LogP contribution in [0.15, 0.2) is 78.0 Å². The number of aliphatic imine (C=N–C) groups is 1. The number of nitrogens with one attached hydrogen (secondary N) is 3. The summed E-state index contributed by atoms with van der Waals surface area (Å²) in [5.74, 6) is 0.249. The molecule has 0 fully saturated rings. The molecule has 2 heterocycles. The number of carbonyl (C=O) groups excluding carboxylic acids is 3. The predicted molar refractivity (Wildman–Crippen MR) is 170 cm³/mol. The van der Waals surface area contributed by atoms with Crippen molar-refractivity contribution in [3.8, 4) is 5.75 Å². The van der Waals surface area contributed by atoms with Crippen LogP contribution < -0.4 is 26.4 Å². The SMILES string of the molecule is CN=C(N)CCNC(=O)c1cc(NC(=O)c2cc(NC(=O)c3ccc(/C=C/c4cccc(OC)c4)cc3)cn2C)cn1C. The first-order valence-corrected chi connectivity index (χ1v) is 13.5. The molecule has 11 nitrogen and oxygen atoms in total. The lowest BCUT2D eigenvalue weighted by atomic mass is 10.1. The van der Waals surface area contributed by atoms with Gasteiger partial charge in [0.05, 0.1) is 24.3 Å². The Morgan fingerprint density at radius 2 is 1.44 bits per heavy atom. The fourth-order valence-electron chi connectivity index (χ4n) is 4.31. The number of nitrogens with two attached hydrogens (primary N) is 1. The molecule has 222 valence electrons. The Kier molecular flexibility index (Phi) is 9.79. The molecule has 0 radical (unpaired) electrons. The number of rotatable bonds is 11. The molecule has 0 bridgehead atoms. The second-order valence-corrected chi connectivity index (χ2v) is 9.81. The molecule has 43 heavy (non-hydrogen) atoms. The molecule has 2 aromatic heterocycles. The molecule has 0 unspecified atom stereocenters. The third-order valence-electron chi connectivity index (χ3n) is 6.68. The van der Waals surface area contributed by atoms with E-state index in [1.54, 1.807) is 74.0 Å². The Morgan fingerprint density at radius 1 is 0.837 bits per heavy atom. The van der Waals surface area contributed by atoms with Crippen molar-refractivity contribution >= 4 is 47.1 Å². The number of hydrogen-bond donors (Lipinski definition) is 4. The fourth-order valence-corrected chi connectivity index (χ4v) is 4.31. The van der Waals surface area contributed by atoms with Gasteiger partial charge in [0.1, 0.15) is 17.1 Å². The summed E-state index contributed by atoms with van der Waals surface area (Å²) in [5, 5.41) is 8.43. The van der Waals surface area contributed by atoms with Crippen molar-refractivity contribution in [2.45, 2.75) is 6.42 Å². The molecule has 0 saturated heterocycles. The molecule has 3 amide bonds. The largest absolute Gasteiger partial charge is 0.497 e. The van der Waals surface area contributed by atoms with E-state index in [1.807, 2.05) is 48.6 Å². The van der Waals surface area contributed by atoms with Crippen LogP contribution in [-0.2, 0) is 14.1 Å². The first-order chi connectivity index (χ1) is 20.7. The van der Waals surface area contributed by atoms with Crippen LogP contribution in [0.25, 0.3) is 12.2 Å². The summed E-state index contributed by atoms with van der Waals surface area (Å²) in [6.07, 6.45) is 7.68. The Hall–Kier alpha value is -5.58.